The van der Waals surface area contributed by atoms with E-state index in [0.29, 0.717) is 12.8 Å². The van der Waals surface area contributed by atoms with Crippen LogP contribution < -0.4 is 0 Å². The third-order valence-corrected chi connectivity index (χ3v) is 11.6. The lowest BCUT2D eigenvalue weighted by molar-refractivity contribution is -0.147. The summed E-state index contributed by atoms with van der Waals surface area (Å²) >= 11 is 0. The summed E-state index contributed by atoms with van der Waals surface area (Å²) in [7, 11) is -3.41. The van der Waals surface area contributed by atoms with Crippen LogP contribution in [-0.2, 0) is 31.9 Å². The number of ether oxygens (including phenoxy) is 2. The molecule has 2 unspecified atom stereocenters. The summed E-state index contributed by atoms with van der Waals surface area (Å²) in [4.78, 5) is 25.4. The van der Waals surface area contributed by atoms with Gasteiger partial charge in [-0.3, -0.25) is 9.59 Å². The normalized spacial score (nSPS) is 13.4. The molecule has 0 aliphatic carbocycles. The van der Waals surface area contributed by atoms with Crippen LogP contribution in [0.2, 0.25) is 39.3 Å². The van der Waals surface area contributed by atoms with Crippen molar-refractivity contribution in [2.75, 3.05) is 0 Å². The molecule has 0 heterocycles. The lowest BCUT2D eigenvalue weighted by Gasteiger charge is -2.28. The molecule has 6 heteroatoms. The van der Waals surface area contributed by atoms with E-state index < -0.39 is 16.1 Å². The first kappa shape index (κ1) is 33.2. The number of aryl methyl sites for hydroxylation is 2. The van der Waals surface area contributed by atoms with Crippen LogP contribution in [0.25, 0.3) is 0 Å². The van der Waals surface area contributed by atoms with E-state index >= 15 is 0 Å². The number of benzene rings is 2. The molecule has 0 saturated heterocycles. The lowest BCUT2D eigenvalue weighted by Crippen LogP contribution is -2.34. The first-order valence-corrected chi connectivity index (χ1v) is 21.3. The summed E-state index contributed by atoms with van der Waals surface area (Å²) < 4.78 is 11.8. The van der Waals surface area contributed by atoms with Gasteiger partial charge in [-0.15, -0.1) is 13.2 Å². The van der Waals surface area contributed by atoms with Crippen LogP contribution in [0.4, 0.5) is 0 Å². The van der Waals surface area contributed by atoms with Crippen LogP contribution in [0.5, 0.6) is 0 Å². The molecule has 0 amide bonds. The summed E-state index contributed by atoms with van der Waals surface area (Å²) in [6, 6.07) is 20.4. The topological polar surface area (TPSA) is 52.6 Å². The Balaban J connectivity index is 1.91. The number of hydrogen-bond acceptors (Lipinski definition) is 4. The zero-order valence-electron chi connectivity index (χ0n) is 25.4. The maximum absolute atomic E-state index is 12.7. The largest absolute Gasteiger partial charge is 0.458 e. The predicted octanol–water partition coefficient (Wildman–Crippen LogP) is 8.28. The van der Waals surface area contributed by atoms with Crippen molar-refractivity contribution in [1.29, 1.82) is 0 Å². The van der Waals surface area contributed by atoms with Crippen molar-refractivity contribution < 1.29 is 19.1 Å². The molecule has 2 atom stereocenters. The van der Waals surface area contributed by atoms with Gasteiger partial charge in [-0.25, -0.2) is 0 Å². The number of hydrogen-bond donors (Lipinski definition) is 0. The summed E-state index contributed by atoms with van der Waals surface area (Å²) in [6.45, 7) is 21.9. The van der Waals surface area contributed by atoms with Gasteiger partial charge in [-0.1, -0.05) is 112 Å². The fraction of sp³-hybridized carbons (Fsp3) is 0.412. The second kappa shape index (κ2) is 15.7. The molecule has 0 aromatic heterocycles. The van der Waals surface area contributed by atoms with Crippen LogP contribution >= 0.6 is 0 Å². The number of carbonyl (C=O) groups excluding carboxylic acids is 2. The second-order valence-electron chi connectivity index (χ2n) is 12.4. The van der Waals surface area contributed by atoms with Crippen LogP contribution in [0, 0.1) is 0 Å². The Morgan fingerprint density at radius 2 is 0.975 bits per heavy atom. The van der Waals surface area contributed by atoms with Gasteiger partial charge in [0.1, 0.15) is 12.2 Å². The van der Waals surface area contributed by atoms with Gasteiger partial charge >= 0.3 is 11.9 Å². The van der Waals surface area contributed by atoms with E-state index in [4.69, 9.17) is 9.47 Å². The van der Waals surface area contributed by atoms with Crippen LogP contribution in [0.1, 0.15) is 36.8 Å². The zero-order chi connectivity index (χ0) is 29.8. The molecule has 40 heavy (non-hydrogen) atoms. The van der Waals surface area contributed by atoms with Gasteiger partial charge in [0, 0.05) is 0 Å². The van der Waals surface area contributed by atoms with Gasteiger partial charge < -0.3 is 9.47 Å². The average molecular weight is 577 g/mol. The van der Waals surface area contributed by atoms with E-state index in [9.17, 15) is 9.59 Å². The summed E-state index contributed by atoms with van der Waals surface area (Å²) in [6.07, 6.45) is 6.03. The number of esters is 2. The maximum Gasteiger partial charge on any atom is 0.310 e. The first-order valence-electron chi connectivity index (χ1n) is 14.3. The Labute approximate surface area is 244 Å². The van der Waals surface area contributed by atoms with Gasteiger partial charge in [0.2, 0.25) is 0 Å². The quantitative estimate of drug-likeness (QED) is 0.115. The minimum atomic E-state index is -1.70. The van der Waals surface area contributed by atoms with Crippen molar-refractivity contribution in [2.45, 2.75) is 90.0 Å². The van der Waals surface area contributed by atoms with Crippen molar-refractivity contribution in [3.8, 4) is 0 Å². The lowest BCUT2D eigenvalue weighted by atomic mass is 10.1. The van der Waals surface area contributed by atoms with Crippen LogP contribution in [-0.4, -0.2) is 40.3 Å². The summed E-state index contributed by atoms with van der Waals surface area (Å²) in [5, 5.41) is 2.07. The second-order valence-corrected chi connectivity index (χ2v) is 22.7. The molecule has 0 N–H and O–H groups in total. The molecule has 2 aromatic carbocycles. The SMILES string of the molecule is C=C(C(CCc1ccccc1)OC(=O)C/C=C/CC(=O)OC(CCc1ccccc1)C(=C)[Si](C)(C)C)[Si](C)(C)C. The molecular formula is C34H48O4Si2. The molecule has 0 spiro atoms. The predicted molar refractivity (Wildman–Crippen MR) is 173 cm³/mol. The summed E-state index contributed by atoms with van der Waals surface area (Å²) in [5.74, 6) is -0.621. The molecule has 0 aliphatic rings. The van der Waals surface area contributed by atoms with Gasteiger partial charge in [0.15, 0.2) is 0 Å². The highest BCUT2D eigenvalue weighted by molar-refractivity contribution is 6.83. The third-order valence-electron chi connectivity index (χ3n) is 7.06. The highest BCUT2D eigenvalue weighted by atomic mass is 28.3. The van der Waals surface area contributed by atoms with E-state index in [1.807, 2.05) is 36.4 Å². The Morgan fingerprint density at radius 1 is 0.650 bits per heavy atom. The highest BCUT2D eigenvalue weighted by Gasteiger charge is 2.29. The molecule has 0 fully saturated rings. The van der Waals surface area contributed by atoms with E-state index in [1.54, 1.807) is 12.2 Å². The monoisotopic (exact) mass is 576 g/mol. The van der Waals surface area contributed by atoms with E-state index in [-0.39, 0.29) is 37.0 Å². The standard InChI is InChI=1S/C34H48O4Si2/c1-27(39(3,4)5)31(25-23-29-17-11-9-12-18-29)37-33(35)21-15-16-22-34(36)38-32(28(2)40(6,7)8)26-24-30-19-13-10-14-20-30/h9-20,31-32H,1-2,21-26H2,3-8H3/b16-15+. The zero-order valence-corrected chi connectivity index (χ0v) is 27.4. The first-order chi connectivity index (χ1) is 18.8. The smallest absolute Gasteiger partial charge is 0.310 e. The van der Waals surface area contributed by atoms with E-state index in [0.717, 1.165) is 23.2 Å². The fourth-order valence-electron chi connectivity index (χ4n) is 4.23. The van der Waals surface area contributed by atoms with Crippen molar-refractivity contribution in [3.63, 3.8) is 0 Å². The Bertz CT molecular complexity index is 1050. The van der Waals surface area contributed by atoms with Crippen molar-refractivity contribution in [3.05, 3.63) is 107 Å². The fourth-order valence-corrected chi connectivity index (χ4v) is 6.57. The van der Waals surface area contributed by atoms with Crippen molar-refractivity contribution >= 4 is 28.1 Å². The molecule has 0 bridgehead atoms. The Hall–Kier alpha value is -2.97. The third kappa shape index (κ3) is 12.0. The number of carbonyl (C=O) groups is 2. The van der Waals surface area contributed by atoms with Crippen molar-refractivity contribution in [1.82, 2.24) is 0 Å². The molecule has 216 valence electrons. The van der Waals surface area contributed by atoms with Gasteiger partial charge in [0.05, 0.1) is 29.0 Å². The molecular weight excluding hydrogens is 529 g/mol. The van der Waals surface area contributed by atoms with Gasteiger partial charge in [-0.05, 0) is 47.2 Å². The summed E-state index contributed by atoms with van der Waals surface area (Å²) in [5.41, 5.74) is 2.42. The van der Waals surface area contributed by atoms with Crippen LogP contribution in [0.15, 0.2) is 96.4 Å². The minimum absolute atomic E-state index is 0.104. The van der Waals surface area contributed by atoms with E-state index in [2.05, 4.69) is 76.7 Å². The van der Waals surface area contributed by atoms with Gasteiger partial charge in [-0.2, -0.15) is 0 Å². The molecule has 0 radical (unpaired) electrons. The molecule has 0 saturated carbocycles. The minimum Gasteiger partial charge on any atom is -0.458 e. The maximum atomic E-state index is 12.7. The molecule has 4 nitrogen and oxygen atoms in total. The Morgan fingerprint density at radius 3 is 1.27 bits per heavy atom. The molecule has 2 rings (SSSR count). The molecule has 0 aliphatic heterocycles. The van der Waals surface area contributed by atoms with Crippen LogP contribution in [0.3, 0.4) is 0 Å². The van der Waals surface area contributed by atoms with Crippen molar-refractivity contribution in [2.24, 2.45) is 0 Å². The van der Waals surface area contributed by atoms with E-state index in [1.165, 1.54) is 11.1 Å². The Kier molecular flexibility index (Phi) is 13.1. The average Bonchev–Trinajstić information content (AvgIpc) is 2.90. The number of rotatable bonds is 16. The van der Waals surface area contributed by atoms with Gasteiger partial charge in [0.25, 0.3) is 0 Å². The molecule has 2 aromatic rings. The highest BCUT2D eigenvalue weighted by Crippen LogP contribution is 2.24.